The molecule has 0 N–H and O–H groups in total. The van der Waals surface area contributed by atoms with Crippen molar-refractivity contribution in [3.8, 4) is 11.5 Å². The largest absolute Gasteiger partial charge is 0.457 e. The monoisotopic (exact) mass is 510 g/mol. The molecule has 2 aliphatic rings. The number of thiophene rings is 1. The fourth-order valence-electron chi connectivity index (χ4n) is 4.27. The highest BCUT2D eigenvalue weighted by atomic mass is 32.1. The van der Waals surface area contributed by atoms with Crippen molar-refractivity contribution in [1.82, 2.24) is 0 Å². The van der Waals surface area contributed by atoms with Gasteiger partial charge in [-0.2, -0.15) is 0 Å². The topological polar surface area (TPSA) is 43.2 Å². The molecule has 0 spiro atoms. The summed E-state index contributed by atoms with van der Waals surface area (Å²) < 4.78 is 13.2. The Labute approximate surface area is 224 Å². The lowest BCUT2D eigenvalue weighted by molar-refractivity contribution is 0.135. The first kappa shape index (κ1) is 25.2. The van der Waals surface area contributed by atoms with Crippen LogP contribution in [0.4, 0.5) is 0 Å². The second kappa shape index (κ2) is 9.14. The molecule has 2 atom stereocenters. The van der Waals surface area contributed by atoms with E-state index in [1.54, 1.807) is 11.3 Å². The van der Waals surface area contributed by atoms with E-state index in [1.165, 1.54) is 0 Å². The molecule has 2 unspecified atom stereocenters. The number of nitrogens with zero attached hydrogens (tertiary/aromatic N) is 2. The van der Waals surface area contributed by atoms with Crippen molar-refractivity contribution in [2.24, 2.45) is 20.8 Å². The number of ether oxygens (including phenoxy) is 2. The summed E-state index contributed by atoms with van der Waals surface area (Å²) in [6.45, 7) is 13.0. The molecular formula is C32H34N2O2S. The van der Waals surface area contributed by atoms with Gasteiger partial charge < -0.3 is 9.47 Å². The van der Waals surface area contributed by atoms with Crippen LogP contribution >= 0.6 is 11.3 Å². The van der Waals surface area contributed by atoms with E-state index >= 15 is 0 Å². The molecule has 5 rings (SSSR count). The number of rotatable bonds is 6. The van der Waals surface area contributed by atoms with E-state index in [9.17, 15) is 0 Å². The highest BCUT2D eigenvalue weighted by molar-refractivity contribution is 7.12. The fourth-order valence-corrected chi connectivity index (χ4v) is 5.39. The van der Waals surface area contributed by atoms with Crippen molar-refractivity contribution in [3.63, 3.8) is 0 Å². The Hall–Kier alpha value is -3.44. The molecule has 0 radical (unpaired) electrons. The van der Waals surface area contributed by atoms with Gasteiger partial charge in [-0.15, -0.1) is 11.3 Å². The van der Waals surface area contributed by atoms with Crippen molar-refractivity contribution in [3.05, 3.63) is 107 Å². The van der Waals surface area contributed by atoms with Gasteiger partial charge in [-0.05, 0) is 60.7 Å². The first-order valence-electron chi connectivity index (χ1n) is 12.7. The minimum absolute atomic E-state index is 0.101. The molecule has 0 amide bonds. The van der Waals surface area contributed by atoms with Gasteiger partial charge in [0.1, 0.15) is 11.5 Å². The summed E-state index contributed by atoms with van der Waals surface area (Å²) >= 11 is 1.62. The molecule has 0 saturated carbocycles. The zero-order valence-corrected chi connectivity index (χ0v) is 23.2. The fraction of sp³-hybridized carbons (Fsp3) is 0.312. The molecule has 4 nitrogen and oxygen atoms in total. The van der Waals surface area contributed by atoms with Crippen molar-refractivity contribution in [1.29, 1.82) is 0 Å². The van der Waals surface area contributed by atoms with Crippen LogP contribution in [0, 0.1) is 10.8 Å². The van der Waals surface area contributed by atoms with Crippen molar-refractivity contribution in [2.75, 3.05) is 0 Å². The first-order chi connectivity index (χ1) is 17.5. The molecule has 2 aliphatic heterocycles. The predicted octanol–water partition coefficient (Wildman–Crippen LogP) is 8.33. The predicted molar refractivity (Wildman–Crippen MR) is 154 cm³/mol. The second-order valence-electron chi connectivity index (χ2n) is 11.5. The van der Waals surface area contributed by atoms with E-state index in [0.717, 1.165) is 32.7 Å². The SMILES string of the molecule is CC(C)(C)C1=NC(Oc2ccccc2)(c2ccc(C3(Oc4ccccc4)C=CC(C(C)(C)C)=N3)s2)C=C1. The third-order valence-corrected chi connectivity index (χ3v) is 7.69. The highest BCUT2D eigenvalue weighted by Crippen LogP contribution is 2.45. The summed E-state index contributed by atoms with van der Waals surface area (Å²) in [6, 6.07) is 23.9. The molecule has 5 heteroatoms. The van der Waals surface area contributed by atoms with Crippen LogP contribution in [0.25, 0.3) is 0 Å². The average molecular weight is 511 g/mol. The van der Waals surface area contributed by atoms with Gasteiger partial charge in [0.25, 0.3) is 11.4 Å². The standard InChI is InChI=1S/C32H34N2O2S/c1-29(2,3)25-19-21-31(33-25,35-23-13-9-7-10-14-23)27-17-18-28(37-27)32(36-24-15-11-8-12-16-24)22-20-26(34-32)30(4,5)6/h7-22H,1-6H3. The van der Waals surface area contributed by atoms with Crippen molar-refractivity contribution < 1.29 is 9.47 Å². The van der Waals surface area contributed by atoms with Crippen LogP contribution in [0.1, 0.15) is 51.3 Å². The molecule has 2 aromatic carbocycles. The molecule has 0 bridgehead atoms. The second-order valence-corrected chi connectivity index (χ2v) is 12.6. The Morgan fingerprint density at radius 3 is 1.27 bits per heavy atom. The van der Waals surface area contributed by atoms with Crippen LogP contribution in [0.2, 0.25) is 0 Å². The zero-order chi connectivity index (χ0) is 26.3. The molecule has 0 fully saturated rings. The van der Waals surface area contributed by atoms with Gasteiger partial charge in [-0.1, -0.05) is 77.9 Å². The maximum absolute atomic E-state index is 6.62. The Morgan fingerprint density at radius 1 is 0.568 bits per heavy atom. The third-order valence-electron chi connectivity index (χ3n) is 6.39. The van der Waals surface area contributed by atoms with E-state index in [4.69, 9.17) is 19.5 Å². The number of benzene rings is 2. The van der Waals surface area contributed by atoms with E-state index in [2.05, 4.69) is 78.0 Å². The smallest absolute Gasteiger partial charge is 0.255 e. The lowest BCUT2D eigenvalue weighted by Gasteiger charge is -2.27. The number of hydrogen-bond acceptors (Lipinski definition) is 5. The van der Waals surface area contributed by atoms with E-state index in [-0.39, 0.29) is 10.8 Å². The number of para-hydroxylation sites is 2. The Balaban J connectivity index is 1.60. The van der Waals surface area contributed by atoms with Crippen LogP contribution in [0.15, 0.2) is 107 Å². The summed E-state index contributed by atoms with van der Waals surface area (Å²) in [4.78, 5) is 12.3. The van der Waals surface area contributed by atoms with E-state index in [1.807, 2.05) is 60.7 Å². The third kappa shape index (κ3) is 5.05. The minimum Gasteiger partial charge on any atom is -0.457 e. The van der Waals surface area contributed by atoms with Crippen LogP contribution in [0.5, 0.6) is 11.5 Å². The lowest BCUT2D eigenvalue weighted by atomic mass is 9.90. The van der Waals surface area contributed by atoms with Crippen LogP contribution in [-0.2, 0) is 11.4 Å². The molecule has 3 heterocycles. The van der Waals surface area contributed by atoms with Gasteiger partial charge in [0.05, 0.1) is 9.75 Å². The number of hydrogen-bond donors (Lipinski definition) is 0. The molecule has 190 valence electrons. The normalized spacial score (nSPS) is 23.2. The molecule has 0 aliphatic carbocycles. The summed E-state index contributed by atoms with van der Waals surface area (Å²) in [5.74, 6) is 1.54. The lowest BCUT2D eigenvalue weighted by Crippen LogP contribution is -2.28. The Kier molecular flexibility index (Phi) is 6.23. The quantitative estimate of drug-likeness (QED) is 0.335. The number of allylic oxidation sites excluding steroid dienone is 2. The highest BCUT2D eigenvalue weighted by Gasteiger charge is 2.43. The molecule has 37 heavy (non-hydrogen) atoms. The van der Waals surface area contributed by atoms with Crippen LogP contribution in [-0.4, -0.2) is 11.4 Å². The minimum atomic E-state index is -0.945. The van der Waals surface area contributed by atoms with E-state index < -0.39 is 11.4 Å². The van der Waals surface area contributed by atoms with Crippen LogP contribution < -0.4 is 9.47 Å². The van der Waals surface area contributed by atoms with E-state index in [0.29, 0.717) is 0 Å². The maximum Gasteiger partial charge on any atom is 0.255 e. The molecule has 0 saturated heterocycles. The van der Waals surface area contributed by atoms with Gasteiger partial charge >= 0.3 is 0 Å². The first-order valence-corrected chi connectivity index (χ1v) is 13.5. The van der Waals surface area contributed by atoms with Crippen molar-refractivity contribution >= 4 is 22.8 Å². The Bertz CT molecular complexity index is 1280. The zero-order valence-electron chi connectivity index (χ0n) is 22.4. The molecule has 3 aromatic rings. The van der Waals surface area contributed by atoms with Gasteiger partial charge in [-0.3, -0.25) is 0 Å². The maximum atomic E-state index is 6.62. The van der Waals surface area contributed by atoms with Gasteiger partial charge in [-0.25, -0.2) is 9.98 Å². The van der Waals surface area contributed by atoms with Gasteiger partial charge in [0, 0.05) is 22.3 Å². The van der Waals surface area contributed by atoms with Crippen LogP contribution in [0.3, 0.4) is 0 Å². The van der Waals surface area contributed by atoms with Crippen molar-refractivity contribution in [2.45, 2.75) is 53.0 Å². The average Bonchev–Trinajstić information content (AvgIpc) is 3.59. The number of aliphatic imine (C=N–C) groups is 2. The Morgan fingerprint density at radius 2 is 0.946 bits per heavy atom. The molecular weight excluding hydrogens is 476 g/mol. The summed E-state index contributed by atoms with van der Waals surface area (Å²) in [5.41, 5.74) is -0.0871. The molecule has 1 aromatic heterocycles. The summed E-state index contributed by atoms with van der Waals surface area (Å²) in [6.07, 6.45) is 8.30. The van der Waals surface area contributed by atoms with Gasteiger partial charge in [0.15, 0.2) is 0 Å². The van der Waals surface area contributed by atoms with Gasteiger partial charge in [0.2, 0.25) is 0 Å². The summed E-state index contributed by atoms with van der Waals surface area (Å²) in [7, 11) is 0. The summed E-state index contributed by atoms with van der Waals surface area (Å²) in [5, 5.41) is 0.